The molecule has 0 aliphatic heterocycles. The summed E-state index contributed by atoms with van der Waals surface area (Å²) in [4.78, 5) is 11.3. The largest absolute Gasteiger partial charge is 0.444 e. The third kappa shape index (κ3) is 6.09. The predicted octanol–water partition coefficient (Wildman–Crippen LogP) is 0.419. The van der Waals surface area contributed by atoms with Crippen molar-refractivity contribution in [2.45, 2.75) is 38.5 Å². The van der Waals surface area contributed by atoms with Gasteiger partial charge in [-0.3, -0.25) is 0 Å². The van der Waals surface area contributed by atoms with E-state index in [1.807, 2.05) is 0 Å². The number of ether oxygens (including phenoxy) is 1. The second-order valence-electron chi connectivity index (χ2n) is 4.16. The van der Waals surface area contributed by atoms with Crippen LogP contribution in [0.5, 0.6) is 0 Å². The van der Waals surface area contributed by atoms with Gasteiger partial charge in [0, 0.05) is 0 Å². The van der Waals surface area contributed by atoms with Crippen LogP contribution in [0.1, 0.15) is 20.8 Å². The minimum atomic E-state index is -0.998. The molecule has 3 N–H and O–H groups in total. The Morgan fingerprint density at radius 3 is 2.47 bits per heavy atom. The molecular weight excluding hydrogens is 198 g/mol. The van der Waals surface area contributed by atoms with Crippen molar-refractivity contribution < 1.29 is 19.7 Å². The fourth-order valence-electron chi connectivity index (χ4n) is 0.862. The first kappa shape index (κ1) is 13.9. The molecule has 0 aliphatic carbocycles. The zero-order chi connectivity index (χ0) is 12.1. The number of alkyl carbamates (subject to hydrolysis) is 1. The Labute approximate surface area is 89.7 Å². The highest BCUT2D eigenvalue weighted by Gasteiger charge is 2.22. The smallest absolute Gasteiger partial charge is 0.408 e. The van der Waals surface area contributed by atoms with Crippen LogP contribution in [0.2, 0.25) is 0 Å². The molecule has 0 aromatic rings. The highest BCUT2D eigenvalue weighted by atomic mass is 16.6. The van der Waals surface area contributed by atoms with Gasteiger partial charge in [0.15, 0.2) is 0 Å². The number of hydrogen-bond acceptors (Lipinski definition) is 4. The molecule has 0 heterocycles. The van der Waals surface area contributed by atoms with Gasteiger partial charge in [0.1, 0.15) is 5.60 Å². The summed E-state index contributed by atoms with van der Waals surface area (Å²) in [5.41, 5.74) is -0.608. The number of aliphatic hydroxyl groups is 2. The molecule has 0 saturated heterocycles. The first-order valence-electron chi connectivity index (χ1n) is 4.71. The molecule has 5 nitrogen and oxygen atoms in total. The molecule has 0 aromatic carbocycles. The standard InChI is InChI=1S/C10H19NO4/c1-5-8(13)7(6-12)11-9(14)15-10(2,3)4/h5,7-8,12-13H,1,6H2,2-4H3,(H,11,14). The van der Waals surface area contributed by atoms with Crippen LogP contribution in [0, 0.1) is 0 Å². The Balaban J connectivity index is 4.19. The van der Waals surface area contributed by atoms with Gasteiger partial charge in [-0.15, -0.1) is 6.58 Å². The second kappa shape index (κ2) is 5.72. The summed E-state index contributed by atoms with van der Waals surface area (Å²) in [7, 11) is 0. The summed E-state index contributed by atoms with van der Waals surface area (Å²) in [6.45, 7) is 8.16. The number of rotatable bonds is 4. The predicted molar refractivity (Wildman–Crippen MR) is 56.4 cm³/mol. The van der Waals surface area contributed by atoms with Gasteiger partial charge >= 0.3 is 6.09 Å². The fraction of sp³-hybridized carbons (Fsp3) is 0.700. The normalized spacial score (nSPS) is 15.3. The first-order valence-corrected chi connectivity index (χ1v) is 4.71. The Morgan fingerprint density at radius 1 is 1.60 bits per heavy atom. The number of carbonyl (C=O) groups excluding carboxylic acids is 1. The summed E-state index contributed by atoms with van der Waals surface area (Å²) in [6.07, 6.45) is -0.442. The molecule has 0 rings (SSSR count). The van der Waals surface area contributed by atoms with Gasteiger partial charge in [0.05, 0.1) is 18.8 Å². The van der Waals surface area contributed by atoms with Crippen LogP contribution in [0.25, 0.3) is 0 Å². The third-order valence-electron chi connectivity index (χ3n) is 1.55. The van der Waals surface area contributed by atoms with E-state index >= 15 is 0 Å². The number of nitrogens with one attached hydrogen (secondary N) is 1. The van der Waals surface area contributed by atoms with Crippen molar-refractivity contribution in [3.05, 3.63) is 12.7 Å². The van der Waals surface area contributed by atoms with Crippen molar-refractivity contribution in [1.29, 1.82) is 0 Å². The van der Waals surface area contributed by atoms with E-state index in [4.69, 9.17) is 9.84 Å². The first-order chi connectivity index (χ1) is 6.80. The number of amides is 1. The zero-order valence-electron chi connectivity index (χ0n) is 9.36. The van der Waals surface area contributed by atoms with Gasteiger partial charge in [-0.1, -0.05) is 6.08 Å². The Morgan fingerprint density at radius 2 is 2.13 bits per heavy atom. The van der Waals surface area contributed by atoms with Gasteiger partial charge in [-0.25, -0.2) is 4.79 Å². The SMILES string of the molecule is C=CC(O)C(CO)NC(=O)OC(C)(C)C. The molecule has 15 heavy (non-hydrogen) atoms. The molecule has 0 radical (unpaired) electrons. The van der Waals surface area contributed by atoms with E-state index in [2.05, 4.69) is 11.9 Å². The van der Waals surface area contributed by atoms with Crippen molar-refractivity contribution in [2.24, 2.45) is 0 Å². The molecule has 5 heteroatoms. The zero-order valence-corrected chi connectivity index (χ0v) is 9.36. The topological polar surface area (TPSA) is 78.8 Å². The lowest BCUT2D eigenvalue weighted by Gasteiger charge is -2.24. The molecule has 0 aliphatic rings. The van der Waals surface area contributed by atoms with Gasteiger partial charge in [-0.05, 0) is 20.8 Å². The molecule has 0 bridgehead atoms. The number of hydrogen-bond donors (Lipinski definition) is 3. The molecule has 0 aromatic heterocycles. The van der Waals surface area contributed by atoms with Gasteiger partial charge in [-0.2, -0.15) is 0 Å². The van der Waals surface area contributed by atoms with Gasteiger partial charge in [0.25, 0.3) is 0 Å². The third-order valence-corrected chi connectivity index (χ3v) is 1.55. The molecule has 88 valence electrons. The maximum Gasteiger partial charge on any atom is 0.408 e. The molecule has 2 unspecified atom stereocenters. The van der Waals surface area contributed by atoms with Crippen LogP contribution < -0.4 is 5.32 Å². The van der Waals surface area contributed by atoms with Crippen molar-refractivity contribution >= 4 is 6.09 Å². The molecule has 0 fully saturated rings. The average molecular weight is 217 g/mol. The van der Waals surface area contributed by atoms with Crippen molar-refractivity contribution in [3.63, 3.8) is 0 Å². The maximum absolute atomic E-state index is 11.3. The van der Waals surface area contributed by atoms with Crippen LogP contribution in [0.15, 0.2) is 12.7 Å². The van der Waals surface area contributed by atoms with Crippen LogP contribution in [-0.4, -0.2) is 40.7 Å². The van der Waals surface area contributed by atoms with E-state index in [-0.39, 0.29) is 6.61 Å². The second-order valence-corrected chi connectivity index (χ2v) is 4.16. The lowest BCUT2D eigenvalue weighted by atomic mass is 10.2. The maximum atomic E-state index is 11.3. The Hall–Kier alpha value is -1.07. The fourth-order valence-corrected chi connectivity index (χ4v) is 0.862. The highest BCUT2D eigenvalue weighted by Crippen LogP contribution is 2.07. The van der Waals surface area contributed by atoms with E-state index in [1.54, 1.807) is 20.8 Å². The lowest BCUT2D eigenvalue weighted by molar-refractivity contribution is 0.0406. The average Bonchev–Trinajstić information content (AvgIpc) is 2.10. The Bertz CT molecular complexity index is 222. The monoisotopic (exact) mass is 217 g/mol. The summed E-state index contributed by atoms with van der Waals surface area (Å²) < 4.78 is 4.96. The van der Waals surface area contributed by atoms with Crippen LogP contribution in [0.4, 0.5) is 4.79 Å². The summed E-state index contributed by atoms with van der Waals surface area (Å²) in [5.74, 6) is 0. The Kier molecular flexibility index (Phi) is 5.32. The van der Waals surface area contributed by atoms with E-state index < -0.39 is 23.8 Å². The van der Waals surface area contributed by atoms with Crippen molar-refractivity contribution in [1.82, 2.24) is 5.32 Å². The van der Waals surface area contributed by atoms with E-state index in [0.717, 1.165) is 0 Å². The molecule has 0 saturated carbocycles. The molecule has 1 amide bonds. The van der Waals surface area contributed by atoms with Crippen molar-refractivity contribution in [3.8, 4) is 0 Å². The van der Waals surface area contributed by atoms with Crippen LogP contribution in [0.3, 0.4) is 0 Å². The lowest BCUT2D eigenvalue weighted by Crippen LogP contribution is -2.46. The van der Waals surface area contributed by atoms with Crippen molar-refractivity contribution in [2.75, 3.05) is 6.61 Å². The summed E-state index contributed by atoms with van der Waals surface area (Å²) >= 11 is 0. The van der Waals surface area contributed by atoms with E-state index in [0.29, 0.717) is 0 Å². The number of carbonyl (C=O) groups is 1. The molecule has 2 atom stereocenters. The highest BCUT2D eigenvalue weighted by molar-refractivity contribution is 5.68. The van der Waals surface area contributed by atoms with Gasteiger partial charge < -0.3 is 20.3 Å². The van der Waals surface area contributed by atoms with E-state index in [9.17, 15) is 9.90 Å². The van der Waals surface area contributed by atoms with Gasteiger partial charge in [0.2, 0.25) is 0 Å². The minimum absolute atomic E-state index is 0.383. The summed E-state index contributed by atoms with van der Waals surface area (Å²) in [6, 6.07) is -0.794. The van der Waals surface area contributed by atoms with Crippen LogP contribution >= 0.6 is 0 Å². The van der Waals surface area contributed by atoms with Crippen LogP contribution in [-0.2, 0) is 4.74 Å². The van der Waals surface area contributed by atoms with E-state index in [1.165, 1.54) is 6.08 Å². The molecular formula is C10H19NO4. The summed E-state index contributed by atoms with van der Waals surface area (Å²) in [5, 5.41) is 20.6. The molecule has 0 spiro atoms. The number of aliphatic hydroxyl groups excluding tert-OH is 2. The quantitative estimate of drug-likeness (QED) is 0.596. The minimum Gasteiger partial charge on any atom is -0.444 e.